The fourth-order valence-electron chi connectivity index (χ4n) is 0.976. The quantitative estimate of drug-likeness (QED) is 0.762. The van der Waals surface area contributed by atoms with E-state index in [1.165, 1.54) is 18.4 Å². The van der Waals surface area contributed by atoms with Gasteiger partial charge in [-0.3, -0.25) is 9.59 Å². The second-order valence-corrected chi connectivity index (χ2v) is 3.94. The van der Waals surface area contributed by atoms with Crippen LogP contribution in [-0.4, -0.2) is 24.2 Å². The van der Waals surface area contributed by atoms with Crippen LogP contribution in [0, 0.1) is 0 Å². The average molecular weight is 214 g/mol. The largest absolute Gasteiger partial charge is 0.481 e. The summed E-state index contributed by atoms with van der Waals surface area (Å²) < 4.78 is 4.50. The van der Waals surface area contributed by atoms with Gasteiger partial charge >= 0.3 is 11.9 Å². The van der Waals surface area contributed by atoms with Crippen molar-refractivity contribution >= 4 is 23.3 Å². The number of esters is 1. The molecule has 0 saturated carbocycles. The zero-order chi connectivity index (χ0) is 10.6. The van der Waals surface area contributed by atoms with Crippen molar-refractivity contribution in [3.8, 4) is 0 Å². The molecule has 0 aliphatic carbocycles. The molecule has 76 valence electrons. The van der Waals surface area contributed by atoms with Crippen LogP contribution >= 0.6 is 11.3 Å². The second kappa shape index (κ2) is 4.76. The van der Waals surface area contributed by atoms with Crippen molar-refractivity contribution in [2.45, 2.75) is 12.8 Å². The lowest BCUT2D eigenvalue weighted by atomic mass is 10.3. The van der Waals surface area contributed by atoms with E-state index >= 15 is 0 Å². The fourth-order valence-corrected chi connectivity index (χ4v) is 1.97. The minimum absolute atomic E-state index is 0.00579. The topological polar surface area (TPSA) is 63.6 Å². The van der Waals surface area contributed by atoms with Gasteiger partial charge in [0.25, 0.3) is 0 Å². The normalized spacial score (nSPS) is 9.79. The molecule has 0 aromatic carbocycles. The maximum Gasteiger partial charge on any atom is 0.310 e. The Hall–Kier alpha value is -1.36. The maximum atomic E-state index is 10.9. The number of thiophene rings is 1. The summed E-state index contributed by atoms with van der Waals surface area (Å²) in [5.41, 5.74) is 0. The first-order valence-corrected chi connectivity index (χ1v) is 4.79. The van der Waals surface area contributed by atoms with E-state index in [0.717, 1.165) is 9.75 Å². The second-order valence-electron chi connectivity index (χ2n) is 2.69. The van der Waals surface area contributed by atoms with Crippen molar-refractivity contribution in [3.05, 3.63) is 21.9 Å². The number of hydrogen-bond acceptors (Lipinski definition) is 4. The average Bonchev–Trinajstić information content (AvgIpc) is 2.51. The molecule has 0 radical (unpaired) electrons. The first kappa shape index (κ1) is 10.7. The van der Waals surface area contributed by atoms with Gasteiger partial charge in [-0.25, -0.2) is 0 Å². The molecule has 0 aliphatic heterocycles. The molecule has 0 saturated heterocycles. The summed E-state index contributed by atoms with van der Waals surface area (Å²) in [6.45, 7) is 0. The first-order chi connectivity index (χ1) is 6.61. The van der Waals surface area contributed by atoms with E-state index < -0.39 is 5.97 Å². The number of methoxy groups -OCH3 is 1. The van der Waals surface area contributed by atoms with Gasteiger partial charge in [-0.2, -0.15) is 0 Å². The predicted molar refractivity (Wildman–Crippen MR) is 51.4 cm³/mol. The molecule has 0 spiro atoms. The molecule has 4 nitrogen and oxygen atoms in total. The van der Waals surface area contributed by atoms with Crippen molar-refractivity contribution in [1.82, 2.24) is 0 Å². The van der Waals surface area contributed by atoms with Crippen molar-refractivity contribution in [1.29, 1.82) is 0 Å². The van der Waals surface area contributed by atoms with Gasteiger partial charge in [0.15, 0.2) is 0 Å². The van der Waals surface area contributed by atoms with Gasteiger partial charge in [-0.05, 0) is 12.1 Å². The van der Waals surface area contributed by atoms with Gasteiger partial charge < -0.3 is 9.84 Å². The van der Waals surface area contributed by atoms with Gasteiger partial charge in [0.2, 0.25) is 0 Å². The molecule has 0 unspecified atom stereocenters. The molecule has 0 amide bonds. The zero-order valence-electron chi connectivity index (χ0n) is 7.65. The molecule has 1 aromatic heterocycles. The van der Waals surface area contributed by atoms with E-state index in [-0.39, 0.29) is 18.8 Å². The standard InChI is InChI=1S/C9H10O4S/c1-13-9(12)5-7-3-2-6(14-7)4-8(10)11/h2-3H,4-5H2,1H3,(H,10,11). The third-order valence-electron chi connectivity index (χ3n) is 1.59. The number of carbonyl (C=O) groups is 2. The Kier molecular flexibility index (Phi) is 3.64. The van der Waals surface area contributed by atoms with Gasteiger partial charge in [0.1, 0.15) is 0 Å². The summed E-state index contributed by atoms with van der Waals surface area (Å²) in [7, 11) is 1.33. The van der Waals surface area contributed by atoms with Gasteiger partial charge in [-0.1, -0.05) is 0 Å². The summed E-state index contributed by atoms with van der Waals surface area (Å²) >= 11 is 1.32. The smallest absolute Gasteiger partial charge is 0.310 e. The summed E-state index contributed by atoms with van der Waals surface area (Å²) in [5, 5.41) is 8.52. The lowest BCUT2D eigenvalue weighted by Gasteiger charge is -1.94. The van der Waals surface area contributed by atoms with Crippen LogP contribution < -0.4 is 0 Å². The molecule has 1 aromatic rings. The number of carbonyl (C=O) groups excluding carboxylic acids is 1. The maximum absolute atomic E-state index is 10.9. The molecule has 0 fully saturated rings. The van der Waals surface area contributed by atoms with E-state index in [1.807, 2.05) is 0 Å². The van der Waals surface area contributed by atoms with Crippen molar-refractivity contribution in [2.24, 2.45) is 0 Å². The van der Waals surface area contributed by atoms with E-state index in [1.54, 1.807) is 12.1 Å². The number of carboxylic acid groups (broad SMARTS) is 1. The summed E-state index contributed by atoms with van der Waals surface area (Å²) in [5.74, 6) is -1.18. The fraction of sp³-hybridized carbons (Fsp3) is 0.333. The number of hydrogen-bond donors (Lipinski definition) is 1. The summed E-state index contributed by atoms with van der Waals surface area (Å²) in [4.78, 5) is 22.8. The first-order valence-electron chi connectivity index (χ1n) is 3.98. The van der Waals surface area contributed by atoms with Crippen molar-refractivity contribution < 1.29 is 19.4 Å². The van der Waals surface area contributed by atoms with Gasteiger partial charge in [0.05, 0.1) is 20.0 Å². The lowest BCUT2D eigenvalue weighted by molar-refractivity contribution is -0.139. The van der Waals surface area contributed by atoms with E-state index in [9.17, 15) is 9.59 Å². The van der Waals surface area contributed by atoms with Crippen LogP contribution in [-0.2, 0) is 27.2 Å². The minimum atomic E-state index is -0.864. The minimum Gasteiger partial charge on any atom is -0.481 e. The van der Waals surface area contributed by atoms with E-state index in [2.05, 4.69) is 4.74 Å². The molecule has 0 bridgehead atoms. The highest BCUT2D eigenvalue weighted by Gasteiger charge is 2.07. The molecule has 1 N–H and O–H groups in total. The highest BCUT2D eigenvalue weighted by Crippen LogP contribution is 2.17. The third-order valence-corrected chi connectivity index (χ3v) is 2.67. The highest BCUT2D eigenvalue weighted by molar-refractivity contribution is 7.12. The lowest BCUT2D eigenvalue weighted by Crippen LogP contribution is -2.02. The Labute approximate surface area is 85.1 Å². The van der Waals surface area contributed by atoms with Crippen LogP contribution in [0.25, 0.3) is 0 Å². The van der Waals surface area contributed by atoms with Gasteiger partial charge in [-0.15, -0.1) is 11.3 Å². The Morgan fingerprint density at radius 3 is 2.43 bits per heavy atom. The van der Waals surface area contributed by atoms with E-state index in [4.69, 9.17) is 5.11 Å². The Balaban J connectivity index is 2.59. The number of rotatable bonds is 4. The zero-order valence-corrected chi connectivity index (χ0v) is 8.47. The number of carboxylic acids is 1. The van der Waals surface area contributed by atoms with E-state index in [0.29, 0.717) is 0 Å². The molecule has 14 heavy (non-hydrogen) atoms. The van der Waals surface area contributed by atoms with Crippen LogP contribution in [0.5, 0.6) is 0 Å². The Bertz CT molecular complexity index is 342. The molecule has 0 aliphatic rings. The molecule has 5 heteroatoms. The Morgan fingerprint density at radius 2 is 1.93 bits per heavy atom. The summed E-state index contributed by atoms with van der Waals surface area (Å²) in [6.07, 6.45) is 0.215. The number of aliphatic carboxylic acids is 1. The SMILES string of the molecule is COC(=O)Cc1ccc(CC(=O)O)s1. The summed E-state index contributed by atoms with van der Waals surface area (Å²) in [6, 6.07) is 3.47. The van der Waals surface area contributed by atoms with Crippen LogP contribution in [0.1, 0.15) is 9.75 Å². The molecule has 1 rings (SSSR count). The predicted octanol–water partition coefficient (Wildman–Crippen LogP) is 1.09. The van der Waals surface area contributed by atoms with Crippen molar-refractivity contribution in [3.63, 3.8) is 0 Å². The van der Waals surface area contributed by atoms with Crippen LogP contribution in [0.4, 0.5) is 0 Å². The third kappa shape index (κ3) is 3.18. The molecule has 0 atom stereocenters. The molecular weight excluding hydrogens is 204 g/mol. The van der Waals surface area contributed by atoms with Crippen LogP contribution in [0.3, 0.4) is 0 Å². The van der Waals surface area contributed by atoms with Crippen LogP contribution in [0.2, 0.25) is 0 Å². The van der Waals surface area contributed by atoms with Gasteiger partial charge in [0, 0.05) is 9.75 Å². The monoisotopic (exact) mass is 214 g/mol. The van der Waals surface area contributed by atoms with Crippen molar-refractivity contribution in [2.75, 3.05) is 7.11 Å². The number of ether oxygens (including phenoxy) is 1. The highest BCUT2D eigenvalue weighted by atomic mass is 32.1. The molecular formula is C9H10O4S. The Morgan fingerprint density at radius 1 is 1.36 bits per heavy atom. The van der Waals surface area contributed by atoms with Crippen LogP contribution in [0.15, 0.2) is 12.1 Å². The molecule has 1 heterocycles.